The molecule has 1 aromatic rings. The van der Waals surface area contributed by atoms with Crippen molar-refractivity contribution in [2.24, 2.45) is 5.92 Å². The van der Waals surface area contributed by atoms with Gasteiger partial charge in [-0.2, -0.15) is 4.37 Å². The number of aliphatic hydroxyl groups excluding tert-OH is 2. The Bertz CT molecular complexity index is 308. The normalized spacial score (nSPS) is 14.7. The highest BCUT2D eigenvalue weighted by atomic mass is 32.1. The number of rotatable bonds is 9. The van der Waals surface area contributed by atoms with Crippen molar-refractivity contribution in [1.29, 1.82) is 0 Å². The first-order chi connectivity index (χ1) is 8.63. The smallest absolute Gasteiger partial charge is 0.245 e. The van der Waals surface area contributed by atoms with Gasteiger partial charge >= 0.3 is 0 Å². The molecule has 0 saturated heterocycles. The number of ether oxygens (including phenoxy) is 1. The van der Waals surface area contributed by atoms with Crippen molar-refractivity contribution in [1.82, 2.24) is 14.1 Å². The van der Waals surface area contributed by atoms with Crippen LogP contribution in [0.2, 0.25) is 0 Å². The van der Waals surface area contributed by atoms with E-state index in [-0.39, 0.29) is 19.3 Å². The molecule has 1 rings (SSSR count). The molecular weight excluding hydrogens is 254 g/mol. The standard InChI is InChI=1S/C11H21N3O3S/c1-8(2)10(3-4-15)12-5-9(16)7-17-11-6-13-18-14-11/h6,8-10,12,15-16H,3-5,7H2,1-2H3. The van der Waals surface area contributed by atoms with E-state index in [0.717, 1.165) is 11.7 Å². The van der Waals surface area contributed by atoms with Crippen LogP contribution < -0.4 is 10.1 Å². The largest absolute Gasteiger partial charge is 0.473 e. The average molecular weight is 275 g/mol. The van der Waals surface area contributed by atoms with Gasteiger partial charge in [0.25, 0.3) is 0 Å². The second-order valence-electron chi connectivity index (χ2n) is 4.48. The lowest BCUT2D eigenvalue weighted by atomic mass is 10.0. The summed E-state index contributed by atoms with van der Waals surface area (Å²) >= 11 is 1.07. The minimum absolute atomic E-state index is 0.146. The Morgan fingerprint density at radius 2 is 2.28 bits per heavy atom. The van der Waals surface area contributed by atoms with Gasteiger partial charge in [-0.25, -0.2) is 0 Å². The lowest BCUT2D eigenvalue weighted by Crippen LogP contribution is -2.41. The van der Waals surface area contributed by atoms with Gasteiger partial charge in [-0.15, -0.1) is 4.37 Å². The monoisotopic (exact) mass is 275 g/mol. The molecule has 0 aliphatic rings. The van der Waals surface area contributed by atoms with Crippen LogP contribution in [0.15, 0.2) is 6.20 Å². The third-order valence-electron chi connectivity index (χ3n) is 2.63. The summed E-state index contributed by atoms with van der Waals surface area (Å²) in [6.07, 6.45) is 1.60. The Balaban J connectivity index is 2.20. The Hall–Kier alpha value is -0.760. The summed E-state index contributed by atoms with van der Waals surface area (Å²) in [7, 11) is 0. The van der Waals surface area contributed by atoms with E-state index in [1.54, 1.807) is 0 Å². The molecule has 6 nitrogen and oxygen atoms in total. The van der Waals surface area contributed by atoms with Gasteiger partial charge in [0.2, 0.25) is 5.88 Å². The first-order valence-electron chi connectivity index (χ1n) is 6.06. The molecule has 1 aromatic heterocycles. The molecule has 0 aliphatic carbocycles. The molecule has 0 radical (unpaired) electrons. The maximum Gasteiger partial charge on any atom is 0.245 e. The molecule has 18 heavy (non-hydrogen) atoms. The molecule has 0 fully saturated rings. The third-order valence-corrected chi connectivity index (χ3v) is 3.09. The van der Waals surface area contributed by atoms with Crippen LogP contribution in [0.4, 0.5) is 0 Å². The second-order valence-corrected chi connectivity index (χ2v) is 5.04. The molecule has 104 valence electrons. The second kappa shape index (κ2) is 8.36. The number of nitrogens with zero attached hydrogens (tertiary/aromatic N) is 2. The predicted octanol–water partition coefficient (Wildman–Crippen LogP) is 0.274. The van der Waals surface area contributed by atoms with E-state index >= 15 is 0 Å². The molecule has 3 N–H and O–H groups in total. The maximum absolute atomic E-state index is 9.75. The Kier molecular flexibility index (Phi) is 7.11. The molecule has 0 saturated carbocycles. The van der Waals surface area contributed by atoms with Crippen molar-refractivity contribution in [2.75, 3.05) is 19.8 Å². The van der Waals surface area contributed by atoms with Crippen LogP contribution in [-0.4, -0.2) is 50.9 Å². The van der Waals surface area contributed by atoms with E-state index in [0.29, 0.717) is 24.8 Å². The summed E-state index contributed by atoms with van der Waals surface area (Å²) in [6.45, 7) is 4.92. The minimum atomic E-state index is -0.605. The lowest BCUT2D eigenvalue weighted by molar-refractivity contribution is 0.0977. The van der Waals surface area contributed by atoms with Crippen LogP contribution in [0.25, 0.3) is 0 Å². The molecular formula is C11H21N3O3S. The zero-order chi connectivity index (χ0) is 13.4. The zero-order valence-corrected chi connectivity index (χ0v) is 11.6. The maximum atomic E-state index is 9.75. The van der Waals surface area contributed by atoms with Gasteiger partial charge in [0.1, 0.15) is 18.9 Å². The summed E-state index contributed by atoms with van der Waals surface area (Å²) in [5.74, 6) is 0.850. The van der Waals surface area contributed by atoms with E-state index in [9.17, 15) is 5.11 Å². The van der Waals surface area contributed by atoms with Crippen LogP contribution in [0.5, 0.6) is 5.88 Å². The summed E-state index contributed by atoms with van der Waals surface area (Å²) in [6, 6.07) is 0.200. The highest BCUT2D eigenvalue weighted by Crippen LogP contribution is 2.07. The third kappa shape index (κ3) is 5.72. The van der Waals surface area contributed by atoms with E-state index in [2.05, 4.69) is 27.9 Å². The van der Waals surface area contributed by atoms with Crippen LogP contribution in [-0.2, 0) is 0 Å². The van der Waals surface area contributed by atoms with Crippen molar-refractivity contribution < 1.29 is 14.9 Å². The van der Waals surface area contributed by atoms with Crippen LogP contribution >= 0.6 is 11.7 Å². The zero-order valence-electron chi connectivity index (χ0n) is 10.7. The fourth-order valence-electron chi connectivity index (χ4n) is 1.56. The van der Waals surface area contributed by atoms with Gasteiger partial charge in [0.15, 0.2) is 0 Å². The molecule has 2 atom stereocenters. The van der Waals surface area contributed by atoms with Crippen molar-refractivity contribution in [3.63, 3.8) is 0 Å². The van der Waals surface area contributed by atoms with Crippen molar-refractivity contribution in [3.8, 4) is 5.88 Å². The van der Waals surface area contributed by atoms with Gasteiger partial charge in [-0.05, 0) is 12.3 Å². The highest BCUT2D eigenvalue weighted by molar-refractivity contribution is 6.99. The molecule has 0 spiro atoms. The number of hydrogen-bond acceptors (Lipinski definition) is 7. The number of hydrogen-bond donors (Lipinski definition) is 3. The molecule has 0 bridgehead atoms. The highest BCUT2D eigenvalue weighted by Gasteiger charge is 2.14. The number of nitrogens with one attached hydrogen (secondary N) is 1. The molecule has 0 aliphatic heterocycles. The SMILES string of the molecule is CC(C)C(CCO)NCC(O)COc1cnsn1. The van der Waals surface area contributed by atoms with Gasteiger partial charge in [0.05, 0.1) is 11.7 Å². The first kappa shape index (κ1) is 15.3. The average Bonchev–Trinajstić information content (AvgIpc) is 2.84. The minimum Gasteiger partial charge on any atom is -0.473 e. The fraction of sp³-hybridized carbons (Fsp3) is 0.818. The van der Waals surface area contributed by atoms with Crippen molar-refractivity contribution in [3.05, 3.63) is 6.20 Å². The van der Waals surface area contributed by atoms with Crippen molar-refractivity contribution >= 4 is 11.7 Å². The Labute approximate surface area is 111 Å². The van der Waals surface area contributed by atoms with Crippen LogP contribution in [0, 0.1) is 5.92 Å². The van der Waals surface area contributed by atoms with Gasteiger partial charge in [-0.1, -0.05) is 13.8 Å². The number of aliphatic hydroxyl groups is 2. The van der Waals surface area contributed by atoms with Crippen LogP contribution in [0.1, 0.15) is 20.3 Å². The van der Waals surface area contributed by atoms with E-state index in [1.165, 1.54) is 6.20 Å². The molecule has 0 aromatic carbocycles. The Morgan fingerprint density at radius 3 is 2.83 bits per heavy atom. The van der Waals surface area contributed by atoms with Gasteiger partial charge in [0, 0.05) is 19.2 Å². The fourth-order valence-corrected chi connectivity index (χ4v) is 1.92. The Morgan fingerprint density at radius 1 is 1.50 bits per heavy atom. The summed E-state index contributed by atoms with van der Waals surface area (Å²) in [5, 5.41) is 21.9. The predicted molar refractivity (Wildman–Crippen MR) is 69.7 cm³/mol. The lowest BCUT2D eigenvalue weighted by Gasteiger charge is -2.23. The van der Waals surface area contributed by atoms with Crippen LogP contribution in [0.3, 0.4) is 0 Å². The van der Waals surface area contributed by atoms with E-state index in [4.69, 9.17) is 9.84 Å². The summed E-state index contributed by atoms with van der Waals surface area (Å²) < 4.78 is 12.9. The number of aromatic nitrogens is 2. The van der Waals surface area contributed by atoms with Gasteiger partial charge in [-0.3, -0.25) is 0 Å². The van der Waals surface area contributed by atoms with Crippen molar-refractivity contribution in [2.45, 2.75) is 32.4 Å². The first-order valence-corrected chi connectivity index (χ1v) is 6.79. The topological polar surface area (TPSA) is 87.5 Å². The summed E-state index contributed by atoms with van der Waals surface area (Å²) in [5.41, 5.74) is 0. The summed E-state index contributed by atoms with van der Waals surface area (Å²) in [4.78, 5) is 0. The van der Waals surface area contributed by atoms with E-state index < -0.39 is 6.10 Å². The van der Waals surface area contributed by atoms with E-state index in [1.807, 2.05) is 0 Å². The quantitative estimate of drug-likeness (QED) is 0.600. The molecule has 7 heteroatoms. The van der Waals surface area contributed by atoms with Gasteiger partial charge < -0.3 is 20.3 Å². The molecule has 0 amide bonds. The molecule has 2 unspecified atom stereocenters. The molecule has 1 heterocycles.